The minimum absolute atomic E-state index is 0.0658. The number of unbranched alkanes of at least 4 members (excludes halogenated alkanes) is 2. The highest BCUT2D eigenvalue weighted by atomic mass is 16.6. The number of aliphatic hydroxyl groups is 1. The zero-order chi connectivity index (χ0) is 27.0. The van der Waals surface area contributed by atoms with Gasteiger partial charge in [0.1, 0.15) is 29.7 Å². The summed E-state index contributed by atoms with van der Waals surface area (Å²) in [5.41, 5.74) is 0.237. The molecule has 0 aliphatic carbocycles. The van der Waals surface area contributed by atoms with E-state index in [2.05, 4.69) is 10.3 Å². The van der Waals surface area contributed by atoms with Crippen molar-refractivity contribution in [2.45, 2.75) is 56.5 Å². The van der Waals surface area contributed by atoms with Gasteiger partial charge in [0.2, 0.25) is 5.91 Å². The molecule has 0 saturated carbocycles. The van der Waals surface area contributed by atoms with E-state index in [-0.39, 0.29) is 31.7 Å². The number of rotatable bonds is 7. The van der Waals surface area contributed by atoms with E-state index in [0.29, 0.717) is 38.8 Å². The average molecular weight is 536 g/mol. The van der Waals surface area contributed by atoms with Crippen molar-refractivity contribution in [3.05, 3.63) is 48.6 Å². The third-order valence-corrected chi connectivity index (χ3v) is 8.22. The summed E-state index contributed by atoms with van der Waals surface area (Å²) in [6.07, 6.45) is 10.2. The molecule has 4 aliphatic rings. The molecule has 2 saturated heterocycles. The number of hydrogen-bond donors (Lipinski definition) is 1. The van der Waals surface area contributed by atoms with Crippen LogP contribution in [0.3, 0.4) is 0 Å². The van der Waals surface area contributed by atoms with Gasteiger partial charge in [-0.25, -0.2) is 4.68 Å². The molecule has 1 spiro atoms. The summed E-state index contributed by atoms with van der Waals surface area (Å²) in [6, 6.07) is 6.60. The number of allylic oxidation sites excluding steroid dienone is 1. The van der Waals surface area contributed by atoms with Crippen molar-refractivity contribution in [3.8, 4) is 0 Å². The Bertz CT molecular complexity index is 1320. The normalized spacial score (nSPS) is 31.3. The van der Waals surface area contributed by atoms with Crippen LogP contribution in [-0.2, 0) is 30.5 Å². The van der Waals surface area contributed by atoms with E-state index in [4.69, 9.17) is 9.47 Å². The molecule has 0 radical (unpaired) electrons. The molecule has 1 aromatic heterocycles. The minimum Gasteiger partial charge on any atom is -0.465 e. The van der Waals surface area contributed by atoms with Crippen molar-refractivity contribution in [2.75, 3.05) is 26.3 Å². The lowest BCUT2D eigenvalue weighted by atomic mass is 9.78. The largest absolute Gasteiger partial charge is 0.465 e. The van der Waals surface area contributed by atoms with Crippen molar-refractivity contribution in [3.63, 3.8) is 0 Å². The second-order valence-corrected chi connectivity index (χ2v) is 10.6. The second-order valence-electron chi connectivity index (χ2n) is 10.6. The van der Waals surface area contributed by atoms with Gasteiger partial charge in [0, 0.05) is 19.7 Å². The van der Waals surface area contributed by atoms with E-state index < -0.39 is 35.6 Å². The highest BCUT2D eigenvalue weighted by Crippen LogP contribution is 2.53. The first-order chi connectivity index (χ1) is 19.0. The number of likely N-dealkylation sites (tertiary alicyclic amines) is 1. The van der Waals surface area contributed by atoms with Gasteiger partial charge in [-0.2, -0.15) is 0 Å². The number of amides is 2. The molecule has 11 heteroatoms. The van der Waals surface area contributed by atoms with Crippen LogP contribution >= 0.6 is 0 Å². The maximum Gasteiger partial charge on any atom is 0.312 e. The molecule has 39 heavy (non-hydrogen) atoms. The van der Waals surface area contributed by atoms with Crippen LogP contribution in [0.5, 0.6) is 0 Å². The summed E-state index contributed by atoms with van der Waals surface area (Å²) in [5.74, 6) is -2.69. The van der Waals surface area contributed by atoms with Crippen LogP contribution in [0.4, 0.5) is 0 Å². The number of para-hydroxylation sites is 1. The maximum absolute atomic E-state index is 14.3. The molecular formula is C28H33N5O6. The number of aliphatic hydroxyl groups excluding tert-OH is 1. The van der Waals surface area contributed by atoms with E-state index in [1.54, 1.807) is 14.5 Å². The molecule has 6 rings (SSSR count). The second kappa shape index (κ2) is 10.5. The number of fused-ring (bicyclic) bond motifs is 3. The van der Waals surface area contributed by atoms with Crippen LogP contribution in [0.25, 0.3) is 11.0 Å². The molecule has 1 unspecified atom stereocenters. The summed E-state index contributed by atoms with van der Waals surface area (Å²) in [7, 11) is 0. The van der Waals surface area contributed by atoms with E-state index in [1.807, 2.05) is 48.6 Å². The molecule has 11 nitrogen and oxygen atoms in total. The van der Waals surface area contributed by atoms with E-state index in [0.717, 1.165) is 17.5 Å². The first-order valence-corrected chi connectivity index (χ1v) is 13.7. The summed E-state index contributed by atoms with van der Waals surface area (Å²) >= 11 is 0. The van der Waals surface area contributed by atoms with Gasteiger partial charge in [-0.3, -0.25) is 14.4 Å². The van der Waals surface area contributed by atoms with Crippen molar-refractivity contribution in [1.82, 2.24) is 24.8 Å². The van der Waals surface area contributed by atoms with Crippen molar-refractivity contribution >= 4 is 28.8 Å². The summed E-state index contributed by atoms with van der Waals surface area (Å²) in [4.78, 5) is 44.9. The molecular weight excluding hydrogens is 502 g/mol. The number of ether oxygens (including phenoxy) is 2. The number of aromatic nitrogens is 3. The third-order valence-electron chi connectivity index (χ3n) is 8.22. The maximum atomic E-state index is 14.3. The van der Waals surface area contributed by atoms with Crippen LogP contribution < -0.4 is 0 Å². The lowest BCUT2D eigenvalue weighted by Gasteiger charge is -2.35. The zero-order valence-electron chi connectivity index (χ0n) is 21.7. The molecule has 2 fully saturated rings. The van der Waals surface area contributed by atoms with Gasteiger partial charge in [-0.1, -0.05) is 41.7 Å². The zero-order valence-corrected chi connectivity index (χ0v) is 21.7. The number of cyclic esters (lactones) is 1. The van der Waals surface area contributed by atoms with Gasteiger partial charge < -0.3 is 24.4 Å². The summed E-state index contributed by atoms with van der Waals surface area (Å²) in [5, 5.41) is 17.7. The molecule has 1 N–H and O–H groups in total. The Morgan fingerprint density at radius 2 is 1.95 bits per heavy atom. The molecule has 2 aromatic rings. The average Bonchev–Trinajstić information content (AvgIpc) is 3.54. The number of esters is 1. The van der Waals surface area contributed by atoms with Gasteiger partial charge in [0.05, 0.1) is 24.1 Å². The SMILES string of the molecule is O=C1OCCC/C=C\[C@@H]2O[C@]34C=CCN(Cn5nnc6ccccc65)C(=O)C3N(CCCCCO)C(=O)[C@@H]4[C@H]12. The van der Waals surface area contributed by atoms with Gasteiger partial charge in [0.15, 0.2) is 0 Å². The van der Waals surface area contributed by atoms with Gasteiger partial charge in [-0.15, -0.1) is 5.10 Å². The van der Waals surface area contributed by atoms with Crippen LogP contribution in [0.2, 0.25) is 0 Å². The quantitative estimate of drug-likeness (QED) is 0.321. The van der Waals surface area contributed by atoms with E-state index >= 15 is 0 Å². The standard InChI is InChI=1S/C28H33N5O6/c34-16-7-2-6-15-32-24-26(36)31(18-33-20-11-5-4-10-19(20)29-30-33)14-9-13-28(24)23(25(32)35)22-21(39-28)12-3-1-8-17-38-27(22)37/h3-5,9-13,21-24,34H,1-2,6-8,14-18H2/b12-3-/t21-,22+,23-,24?,28-/m0/s1. The van der Waals surface area contributed by atoms with E-state index in [9.17, 15) is 19.5 Å². The topological polar surface area (TPSA) is 127 Å². The van der Waals surface area contributed by atoms with Crippen molar-refractivity contribution < 1.29 is 29.0 Å². The van der Waals surface area contributed by atoms with Crippen LogP contribution in [0, 0.1) is 11.8 Å². The lowest BCUT2D eigenvalue weighted by Crippen LogP contribution is -2.55. The Hall–Kier alpha value is -3.57. The van der Waals surface area contributed by atoms with Crippen LogP contribution in [0.1, 0.15) is 32.1 Å². The molecule has 2 amide bonds. The number of hydrogen-bond acceptors (Lipinski definition) is 8. The monoisotopic (exact) mass is 535 g/mol. The minimum atomic E-state index is -1.29. The van der Waals surface area contributed by atoms with Crippen LogP contribution in [0.15, 0.2) is 48.6 Å². The molecule has 5 atom stereocenters. The summed E-state index contributed by atoms with van der Waals surface area (Å²) in [6.45, 7) is 1.12. The Morgan fingerprint density at radius 1 is 1.08 bits per heavy atom. The fraction of sp³-hybridized carbons (Fsp3) is 0.536. The highest BCUT2D eigenvalue weighted by Gasteiger charge is 2.71. The number of nitrogens with zero attached hydrogens (tertiary/aromatic N) is 5. The molecule has 4 aliphatic heterocycles. The first-order valence-electron chi connectivity index (χ1n) is 13.7. The third kappa shape index (κ3) is 4.33. The van der Waals surface area contributed by atoms with Gasteiger partial charge in [-0.05, 0) is 44.2 Å². The lowest BCUT2D eigenvalue weighted by molar-refractivity contribution is -0.155. The fourth-order valence-electron chi connectivity index (χ4n) is 6.42. The Morgan fingerprint density at radius 3 is 2.82 bits per heavy atom. The Labute approximate surface area is 226 Å². The Kier molecular flexibility index (Phi) is 6.94. The predicted molar refractivity (Wildman–Crippen MR) is 139 cm³/mol. The molecule has 0 bridgehead atoms. The smallest absolute Gasteiger partial charge is 0.312 e. The van der Waals surface area contributed by atoms with Crippen molar-refractivity contribution in [2.24, 2.45) is 11.8 Å². The fourth-order valence-corrected chi connectivity index (χ4v) is 6.42. The molecule has 206 valence electrons. The van der Waals surface area contributed by atoms with Crippen molar-refractivity contribution in [1.29, 1.82) is 0 Å². The highest BCUT2D eigenvalue weighted by molar-refractivity contribution is 5.99. The number of carbonyl (C=O) groups excluding carboxylic acids is 3. The van der Waals surface area contributed by atoms with Gasteiger partial charge >= 0.3 is 5.97 Å². The first kappa shape index (κ1) is 25.7. The molecule has 5 heterocycles. The molecule has 1 aromatic carbocycles. The number of benzene rings is 1. The Balaban J connectivity index is 1.37. The summed E-state index contributed by atoms with van der Waals surface area (Å²) < 4.78 is 13.8. The van der Waals surface area contributed by atoms with E-state index in [1.165, 1.54) is 0 Å². The predicted octanol–water partition coefficient (Wildman–Crippen LogP) is 1.42. The van der Waals surface area contributed by atoms with Gasteiger partial charge in [0.25, 0.3) is 5.91 Å². The number of carbonyl (C=O) groups is 3. The van der Waals surface area contributed by atoms with Crippen LogP contribution in [-0.4, -0.2) is 91.7 Å².